The average molecular weight is 279 g/mol. The van der Waals surface area contributed by atoms with Gasteiger partial charge in [0, 0.05) is 11.9 Å². The van der Waals surface area contributed by atoms with Crippen LogP contribution in [0.25, 0.3) is 5.57 Å². The Bertz CT molecular complexity index is 580. The zero-order chi connectivity index (χ0) is 15.5. The molecule has 0 aliphatic rings. The van der Waals surface area contributed by atoms with Crippen molar-refractivity contribution in [3.05, 3.63) is 84.1 Å². The highest BCUT2D eigenvalue weighted by Crippen LogP contribution is 2.17. The normalized spacial score (nSPS) is 11.0. The molecule has 0 saturated carbocycles. The van der Waals surface area contributed by atoms with E-state index in [0.29, 0.717) is 0 Å². The van der Waals surface area contributed by atoms with Gasteiger partial charge in [-0.15, -0.1) is 0 Å². The summed E-state index contributed by atoms with van der Waals surface area (Å²) in [6, 6.07) is 18.7. The third-order valence-corrected chi connectivity index (χ3v) is 3.06. The molecule has 0 radical (unpaired) electrons. The largest absolute Gasteiger partial charge is 0.361 e. The van der Waals surface area contributed by atoms with E-state index in [-0.39, 0.29) is 0 Å². The second-order valence-electron chi connectivity index (χ2n) is 4.40. The Morgan fingerprint density at radius 3 is 2.14 bits per heavy atom. The van der Waals surface area contributed by atoms with Gasteiger partial charge in [0.15, 0.2) is 0 Å². The summed E-state index contributed by atoms with van der Waals surface area (Å²) in [5.74, 6) is 0. The van der Waals surface area contributed by atoms with E-state index in [1.807, 2.05) is 38.2 Å². The first-order valence-electron chi connectivity index (χ1n) is 7.51. The number of rotatable bonds is 4. The van der Waals surface area contributed by atoms with Crippen molar-refractivity contribution in [2.45, 2.75) is 27.7 Å². The number of benzene rings is 2. The highest BCUT2D eigenvalue weighted by atomic mass is 14.8. The molecule has 0 fully saturated rings. The zero-order valence-corrected chi connectivity index (χ0v) is 13.4. The Kier molecular flexibility index (Phi) is 7.67. The third kappa shape index (κ3) is 5.31. The lowest BCUT2D eigenvalue weighted by atomic mass is 10.1. The van der Waals surface area contributed by atoms with Crippen LogP contribution in [0, 0.1) is 6.92 Å². The Balaban J connectivity index is 0.00000106. The molecule has 0 bridgehead atoms. The number of anilines is 1. The van der Waals surface area contributed by atoms with E-state index in [1.54, 1.807) is 0 Å². The van der Waals surface area contributed by atoms with E-state index in [1.165, 1.54) is 16.7 Å². The van der Waals surface area contributed by atoms with Gasteiger partial charge in [-0.1, -0.05) is 68.5 Å². The van der Waals surface area contributed by atoms with Gasteiger partial charge in [0.25, 0.3) is 0 Å². The first-order chi connectivity index (χ1) is 10.3. The number of aryl methyl sites for hydroxylation is 1. The van der Waals surface area contributed by atoms with E-state index in [4.69, 9.17) is 0 Å². The summed E-state index contributed by atoms with van der Waals surface area (Å²) in [4.78, 5) is 0. The van der Waals surface area contributed by atoms with Gasteiger partial charge < -0.3 is 5.32 Å². The van der Waals surface area contributed by atoms with Gasteiger partial charge in [0.2, 0.25) is 0 Å². The molecule has 1 N–H and O–H groups in total. The van der Waals surface area contributed by atoms with Gasteiger partial charge in [-0.2, -0.15) is 0 Å². The number of hydrogen-bond donors (Lipinski definition) is 1. The Hall–Kier alpha value is -2.28. The maximum absolute atomic E-state index is 3.33. The topological polar surface area (TPSA) is 12.0 Å². The van der Waals surface area contributed by atoms with Crippen molar-refractivity contribution in [3.8, 4) is 0 Å². The predicted octanol–water partition coefficient (Wildman–Crippen LogP) is 6.05. The molecule has 1 nitrogen and oxygen atoms in total. The van der Waals surface area contributed by atoms with E-state index >= 15 is 0 Å². The lowest BCUT2D eigenvalue weighted by Gasteiger charge is -2.05. The molecule has 2 aromatic rings. The molecule has 2 rings (SSSR count). The Labute approximate surface area is 129 Å². The van der Waals surface area contributed by atoms with E-state index in [9.17, 15) is 0 Å². The number of hydrogen-bond acceptors (Lipinski definition) is 1. The van der Waals surface area contributed by atoms with E-state index < -0.39 is 0 Å². The van der Waals surface area contributed by atoms with Crippen LogP contribution >= 0.6 is 0 Å². The molecule has 0 unspecified atom stereocenters. The van der Waals surface area contributed by atoms with Crippen molar-refractivity contribution in [1.29, 1.82) is 0 Å². The minimum atomic E-state index is 1.14. The molecule has 0 aliphatic heterocycles. The highest BCUT2D eigenvalue weighted by molar-refractivity contribution is 5.74. The van der Waals surface area contributed by atoms with Crippen LogP contribution in [0.1, 0.15) is 31.9 Å². The molecule has 0 amide bonds. The molecule has 0 atom stereocenters. The number of nitrogens with one attached hydrogen (secondary N) is 1. The Morgan fingerprint density at radius 1 is 0.905 bits per heavy atom. The van der Waals surface area contributed by atoms with Gasteiger partial charge in [-0.05, 0) is 42.7 Å². The molecule has 0 saturated heterocycles. The molecular weight excluding hydrogens is 254 g/mol. The van der Waals surface area contributed by atoms with Crippen LogP contribution in [0.3, 0.4) is 0 Å². The van der Waals surface area contributed by atoms with Crippen molar-refractivity contribution in [2.24, 2.45) is 0 Å². The number of para-hydroxylation sites is 1. The smallest absolute Gasteiger partial charge is 0.0409 e. The molecule has 2 aromatic carbocycles. The van der Waals surface area contributed by atoms with Crippen molar-refractivity contribution < 1.29 is 0 Å². The summed E-state index contributed by atoms with van der Waals surface area (Å²) >= 11 is 0. The van der Waals surface area contributed by atoms with Crippen molar-refractivity contribution in [2.75, 3.05) is 5.32 Å². The van der Waals surface area contributed by atoms with Crippen LogP contribution in [0.2, 0.25) is 0 Å². The van der Waals surface area contributed by atoms with Crippen LogP contribution in [0.4, 0.5) is 5.69 Å². The van der Waals surface area contributed by atoms with Crippen LogP contribution in [-0.2, 0) is 0 Å². The van der Waals surface area contributed by atoms with Crippen LogP contribution < -0.4 is 5.32 Å². The first-order valence-corrected chi connectivity index (χ1v) is 7.51. The fraction of sp³-hybridized carbons (Fsp3) is 0.200. The minimum Gasteiger partial charge on any atom is -0.361 e. The van der Waals surface area contributed by atoms with Crippen LogP contribution in [0.15, 0.2) is 72.9 Å². The van der Waals surface area contributed by atoms with Crippen LogP contribution in [-0.4, -0.2) is 0 Å². The van der Waals surface area contributed by atoms with Gasteiger partial charge in [-0.25, -0.2) is 0 Å². The fourth-order valence-corrected chi connectivity index (χ4v) is 1.95. The van der Waals surface area contributed by atoms with Gasteiger partial charge in [0.05, 0.1) is 0 Å². The predicted molar refractivity (Wildman–Crippen MR) is 95.4 cm³/mol. The molecule has 0 spiro atoms. The standard InChI is InChI=1S/C18H19N.C2H6/c1-3-16(17-10-5-4-6-11-17)13-14-19-18-12-8-7-9-15(18)2;1-2/h3-14,19H,1-2H3;1-2H3/b14-13-,16-3+;. The second kappa shape index (κ2) is 9.60. The second-order valence-corrected chi connectivity index (χ2v) is 4.40. The molecule has 1 heteroatoms. The summed E-state index contributed by atoms with van der Waals surface area (Å²) in [6.07, 6.45) is 6.21. The molecule has 0 aliphatic carbocycles. The summed E-state index contributed by atoms with van der Waals surface area (Å²) < 4.78 is 0. The highest BCUT2D eigenvalue weighted by Gasteiger charge is 1.95. The van der Waals surface area contributed by atoms with Crippen molar-refractivity contribution in [3.63, 3.8) is 0 Å². The molecular formula is C20H25N. The minimum absolute atomic E-state index is 1.14. The van der Waals surface area contributed by atoms with Crippen molar-refractivity contribution >= 4 is 11.3 Å². The molecule has 21 heavy (non-hydrogen) atoms. The molecule has 0 aromatic heterocycles. The van der Waals surface area contributed by atoms with E-state index in [0.717, 1.165) is 5.69 Å². The SMILES string of the molecule is C/C=C(\C=C/Nc1ccccc1C)c1ccccc1.CC. The Morgan fingerprint density at radius 2 is 1.52 bits per heavy atom. The van der Waals surface area contributed by atoms with Gasteiger partial charge in [-0.3, -0.25) is 0 Å². The quantitative estimate of drug-likeness (QED) is 0.672. The lowest BCUT2D eigenvalue weighted by molar-refractivity contribution is 1.43. The third-order valence-electron chi connectivity index (χ3n) is 3.06. The monoisotopic (exact) mass is 279 g/mol. The maximum Gasteiger partial charge on any atom is 0.0409 e. The van der Waals surface area contributed by atoms with Crippen molar-refractivity contribution in [1.82, 2.24) is 0 Å². The lowest BCUT2D eigenvalue weighted by Crippen LogP contribution is -1.90. The number of allylic oxidation sites excluding steroid dienone is 3. The van der Waals surface area contributed by atoms with E-state index in [2.05, 4.69) is 67.7 Å². The summed E-state index contributed by atoms with van der Waals surface area (Å²) in [5, 5.41) is 3.33. The van der Waals surface area contributed by atoms with Gasteiger partial charge >= 0.3 is 0 Å². The maximum atomic E-state index is 3.33. The summed E-state index contributed by atoms with van der Waals surface area (Å²) in [5.41, 5.74) is 4.82. The average Bonchev–Trinajstić information content (AvgIpc) is 2.56. The summed E-state index contributed by atoms with van der Waals surface area (Å²) in [6.45, 7) is 8.16. The van der Waals surface area contributed by atoms with Crippen LogP contribution in [0.5, 0.6) is 0 Å². The van der Waals surface area contributed by atoms with Gasteiger partial charge in [0.1, 0.15) is 0 Å². The molecule has 110 valence electrons. The zero-order valence-electron chi connectivity index (χ0n) is 13.4. The summed E-state index contributed by atoms with van der Waals surface area (Å²) in [7, 11) is 0. The fourth-order valence-electron chi connectivity index (χ4n) is 1.95. The molecule has 0 heterocycles. The first kappa shape index (κ1) is 16.8.